The molecule has 106 valence electrons. The van der Waals surface area contributed by atoms with E-state index in [4.69, 9.17) is 0 Å². The minimum Gasteiger partial charge on any atom is -0.385 e. The molecule has 2 rings (SSSR count). The van der Waals surface area contributed by atoms with Crippen molar-refractivity contribution < 1.29 is 4.79 Å². The van der Waals surface area contributed by atoms with Crippen LogP contribution in [0.1, 0.15) is 28.7 Å². The van der Waals surface area contributed by atoms with E-state index in [1.54, 1.807) is 10.9 Å². The summed E-state index contributed by atoms with van der Waals surface area (Å²) in [5.41, 5.74) is 2.75. The van der Waals surface area contributed by atoms with Crippen LogP contribution in [0.5, 0.6) is 0 Å². The van der Waals surface area contributed by atoms with Crippen molar-refractivity contribution in [1.82, 2.24) is 20.1 Å². The first-order valence-corrected chi connectivity index (χ1v) is 6.57. The number of carbonyl (C=O) groups excluding carboxylic acids is 1. The molecule has 1 aromatic carbocycles. The van der Waals surface area contributed by atoms with Gasteiger partial charge in [-0.25, -0.2) is 0 Å². The fourth-order valence-corrected chi connectivity index (χ4v) is 1.92. The van der Waals surface area contributed by atoms with Crippen LogP contribution in [0.15, 0.2) is 24.5 Å². The predicted molar refractivity (Wildman–Crippen MR) is 77.5 cm³/mol. The van der Waals surface area contributed by atoms with Crippen LogP contribution in [0.25, 0.3) is 0 Å². The van der Waals surface area contributed by atoms with E-state index in [1.807, 2.05) is 39.1 Å². The molecule has 0 spiro atoms. The van der Waals surface area contributed by atoms with Gasteiger partial charge in [-0.3, -0.25) is 4.79 Å². The monoisotopic (exact) mass is 273 g/mol. The second-order valence-corrected chi connectivity index (χ2v) is 4.60. The van der Waals surface area contributed by atoms with Crippen LogP contribution < -0.4 is 10.6 Å². The number of anilines is 1. The zero-order valence-electron chi connectivity index (χ0n) is 12.0. The van der Waals surface area contributed by atoms with Crippen LogP contribution in [-0.4, -0.2) is 27.2 Å². The number of aryl methyl sites for hydroxylation is 2. The zero-order chi connectivity index (χ0) is 14.5. The van der Waals surface area contributed by atoms with Crippen LogP contribution in [-0.2, 0) is 13.6 Å². The molecule has 0 bridgehead atoms. The van der Waals surface area contributed by atoms with E-state index >= 15 is 0 Å². The molecule has 0 fully saturated rings. The van der Waals surface area contributed by atoms with Crippen molar-refractivity contribution in [2.24, 2.45) is 7.05 Å². The number of nitrogens with one attached hydrogen (secondary N) is 2. The van der Waals surface area contributed by atoms with Crippen LogP contribution in [0.4, 0.5) is 5.69 Å². The Morgan fingerprint density at radius 2 is 2.20 bits per heavy atom. The Labute approximate surface area is 118 Å². The van der Waals surface area contributed by atoms with Gasteiger partial charge in [-0.1, -0.05) is 0 Å². The molecule has 1 aromatic heterocycles. The lowest BCUT2D eigenvalue weighted by Crippen LogP contribution is -2.24. The second-order valence-electron chi connectivity index (χ2n) is 4.60. The molecule has 6 heteroatoms. The lowest BCUT2D eigenvalue weighted by atomic mass is 10.1. The highest BCUT2D eigenvalue weighted by atomic mass is 16.1. The maximum absolute atomic E-state index is 12.1. The van der Waals surface area contributed by atoms with Gasteiger partial charge >= 0.3 is 0 Å². The largest absolute Gasteiger partial charge is 0.385 e. The molecule has 2 aromatic rings. The molecule has 2 N–H and O–H groups in total. The molecule has 0 saturated heterocycles. The van der Waals surface area contributed by atoms with Crippen molar-refractivity contribution >= 4 is 11.6 Å². The SMILES string of the molecule is CCNc1ccc(C(=O)NCc2nncn2C)cc1C. The molecular weight excluding hydrogens is 254 g/mol. The van der Waals surface area contributed by atoms with Gasteiger partial charge in [-0.05, 0) is 37.6 Å². The minimum absolute atomic E-state index is 0.112. The van der Waals surface area contributed by atoms with Gasteiger partial charge in [0.15, 0.2) is 5.82 Å². The Morgan fingerprint density at radius 1 is 1.40 bits per heavy atom. The summed E-state index contributed by atoms with van der Waals surface area (Å²) in [5.74, 6) is 0.610. The number of amides is 1. The maximum Gasteiger partial charge on any atom is 0.251 e. The lowest BCUT2D eigenvalue weighted by molar-refractivity contribution is 0.0949. The molecule has 0 saturated carbocycles. The summed E-state index contributed by atoms with van der Waals surface area (Å²) in [4.78, 5) is 12.1. The van der Waals surface area contributed by atoms with Gasteiger partial charge in [0.05, 0.1) is 6.54 Å². The van der Waals surface area contributed by atoms with Crippen molar-refractivity contribution in [2.75, 3.05) is 11.9 Å². The highest BCUT2D eigenvalue weighted by Gasteiger charge is 2.09. The summed E-state index contributed by atoms with van der Waals surface area (Å²) in [6, 6.07) is 5.62. The molecule has 0 aliphatic carbocycles. The highest BCUT2D eigenvalue weighted by molar-refractivity contribution is 5.94. The van der Waals surface area contributed by atoms with E-state index in [0.29, 0.717) is 12.1 Å². The van der Waals surface area contributed by atoms with E-state index in [9.17, 15) is 4.79 Å². The van der Waals surface area contributed by atoms with Gasteiger partial charge in [0.2, 0.25) is 0 Å². The summed E-state index contributed by atoms with van der Waals surface area (Å²) in [6.07, 6.45) is 1.61. The summed E-state index contributed by atoms with van der Waals surface area (Å²) < 4.78 is 1.78. The lowest BCUT2D eigenvalue weighted by Gasteiger charge is -2.10. The topological polar surface area (TPSA) is 71.8 Å². The molecule has 0 atom stereocenters. The Morgan fingerprint density at radius 3 is 2.80 bits per heavy atom. The number of carbonyl (C=O) groups is 1. The number of rotatable bonds is 5. The van der Waals surface area contributed by atoms with E-state index in [1.165, 1.54) is 0 Å². The van der Waals surface area contributed by atoms with Crippen LogP contribution in [0, 0.1) is 6.92 Å². The number of aromatic nitrogens is 3. The van der Waals surface area contributed by atoms with Gasteiger partial charge in [0.25, 0.3) is 5.91 Å². The smallest absolute Gasteiger partial charge is 0.251 e. The molecule has 1 heterocycles. The molecule has 0 radical (unpaired) electrons. The summed E-state index contributed by atoms with van der Waals surface area (Å²) in [5, 5.41) is 13.8. The van der Waals surface area contributed by atoms with Gasteiger partial charge in [-0.15, -0.1) is 10.2 Å². The first-order valence-electron chi connectivity index (χ1n) is 6.57. The fourth-order valence-electron chi connectivity index (χ4n) is 1.92. The van der Waals surface area contributed by atoms with E-state index in [-0.39, 0.29) is 5.91 Å². The third kappa shape index (κ3) is 3.14. The summed E-state index contributed by atoms with van der Waals surface area (Å²) in [6.45, 7) is 5.25. The Kier molecular flexibility index (Phi) is 4.34. The molecule has 0 aliphatic heterocycles. The fraction of sp³-hybridized carbons (Fsp3) is 0.357. The first kappa shape index (κ1) is 14.0. The van der Waals surface area contributed by atoms with Crippen molar-refractivity contribution in [3.8, 4) is 0 Å². The normalized spacial score (nSPS) is 10.3. The standard InChI is InChI=1S/C14H19N5O/c1-4-15-12-6-5-11(7-10(12)2)14(20)16-8-13-18-17-9-19(13)3/h5-7,9,15H,4,8H2,1-3H3,(H,16,20). The van der Waals surface area contributed by atoms with Crippen molar-refractivity contribution in [3.05, 3.63) is 41.5 Å². The minimum atomic E-state index is -0.112. The molecule has 0 unspecified atom stereocenters. The Balaban J connectivity index is 2.02. The number of benzene rings is 1. The van der Waals surface area contributed by atoms with Gasteiger partial charge in [0.1, 0.15) is 6.33 Å². The zero-order valence-corrected chi connectivity index (χ0v) is 12.0. The average Bonchev–Trinajstić information content (AvgIpc) is 2.84. The molecule has 6 nitrogen and oxygen atoms in total. The van der Waals surface area contributed by atoms with Crippen LogP contribution in [0.2, 0.25) is 0 Å². The van der Waals surface area contributed by atoms with E-state index in [0.717, 1.165) is 23.6 Å². The second kappa shape index (κ2) is 6.18. The quantitative estimate of drug-likeness (QED) is 0.865. The van der Waals surface area contributed by atoms with Gasteiger partial charge in [0, 0.05) is 24.8 Å². The Hall–Kier alpha value is -2.37. The first-order chi connectivity index (χ1) is 9.61. The molecule has 1 amide bonds. The van der Waals surface area contributed by atoms with Crippen LogP contribution >= 0.6 is 0 Å². The van der Waals surface area contributed by atoms with Crippen LogP contribution in [0.3, 0.4) is 0 Å². The third-order valence-corrected chi connectivity index (χ3v) is 3.07. The number of hydrogen-bond donors (Lipinski definition) is 2. The highest BCUT2D eigenvalue weighted by Crippen LogP contribution is 2.16. The van der Waals surface area contributed by atoms with E-state index in [2.05, 4.69) is 20.8 Å². The molecule has 20 heavy (non-hydrogen) atoms. The summed E-state index contributed by atoms with van der Waals surface area (Å²) in [7, 11) is 1.84. The third-order valence-electron chi connectivity index (χ3n) is 3.07. The van der Waals surface area contributed by atoms with Gasteiger partial charge in [-0.2, -0.15) is 0 Å². The molecular formula is C14H19N5O. The Bertz CT molecular complexity index is 605. The number of hydrogen-bond acceptors (Lipinski definition) is 4. The summed E-state index contributed by atoms with van der Waals surface area (Å²) >= 11 is 0. The average molecular weight is 273 g/mol. The maximum atomic E-state index is 12.1. The van der Waals surface area contributed by atoms with Crippen molar-refractivity contribution in [1.29, 1.82) is 0 Å². The predicted octanol–water partition coefficient (Wildman–Crippen LogP) is 1.49. The van der Waals surface area contributed by atoms with E-state index < -0.39 is 0 Å². The van der Waals surface area contributed by atoms with Crippen molar-refractivity contribution in [3.63, 3.8) is 0 Å². The molecule has 0 aliphatic rings. The van der Waals surface area contributed by atoms with Crippen molar-refractivity contribution in [2.45, 2.75) is 20.4 Å². The van der Waals surface area contributed by atoms with Gasteiger partial charge < -0.3 is 15.2 Å². The number of nitrogens with zero attached hydrogens (tertiary/aromatic N) is 3.